The number of imidazole rings is 1. The van der Waals surface area contributed by atoms with Crippen LogP contribution in [0.2, 0.25) is 0 Å². The van der Waals surface area contributed by atoms with Crippen LogP contribution in [0.15, 0.2) is 59.4 Å². The van der Waals surface area contributed by atoms with E-state index < -0.39 is 0 Å². The van der Waals surface area contributed by atoms with Crippen LogP contribution in [0, 0.1) is 0 Å². The van der Waals surface area contributed by atoms with Crippen molar-refractivity contribution in [1.82, 2.24) is 19.4 Å². The van der Waals surface area contributed by atoms with E-state index in [0.29, 0.717) is 13.1 Å². The first kappa shape index (κ1) is 20.9. The molecule has 6 nitrogen and oxygen atoms in total. The van der Waals surface area contributed by atoms with E-state index in [0.717, 1.165) is 37.0 Å². The number of fused-ring (bicyclic) bond motifs is 1. The lowest BCUT2D eigenvalue weighted by Gasteiger charge is -2.16. The number of nitrogens with zero attached hydrogens (tertiary/aromatic N) is 3. The van der Waals surface area contributed by atoms with Crippen molar-refractivity contribution in [3.63, 3.8) is 0 Å². The van der Waals surface area contributed by atoms with Gasteiger partial charge in [-0.05, 0) is 44.1 Å². The van der Waals surface area contributed by atoms with Crippen LogP contribution in [-0.2, 0) is 24.4 Å². The van der Waals surface area contributed by atoms with Crippen molar-refractivity contribution in [3.8, 4) is 0 Å². The van der Waals surface area contributed by atoms with E-state index in [9.17, 15) is 9.59 Å². The third-order valence-corrected chi connectivity index (χ3v) is 5.01. The Morgan fingerprint density at radius 2 is 1.66 bits per heavy atom. The zero-order valence-corrected chi connectivity index (χ0v) is 17.3. The van der Waals surface area contributed by atoms with Crippen LogP contribution in [0.25, 0.3) is 11.0 Å². The highest BCUT2D eigenvalue weighted by Crippen LogP contribution is 2.13. The number of para-hydroxylation sites is 2. The van der Waals surface area contributed by atoms with Gasteiger partial charge in [-0.15, -0.1) is 0 Å². The maximum absolute atomic E-state index is 12.7. The fraction of sp³-hybridized carbons (Fsp3) is 0.391. The molecule has 0 bridgehead atoms. The number of rotatable bonds is 10. The Labute approximate surface area is 171 Å². The first-order valence-electron chi connectivity index (χ1n) is 10.3. The Hall–Kier alpha value is -2.86. The van der Waals surface area contributed by atoms with Crippen molar-refractivity contribution >= 4 is 16.9 Å². The second kappa shape index (κ2) is 10.1. The maximum Gasteiger partial charge on any atom is 0.329 e. The van der Waals surface area contributed by atoms with Gasteiger partial charge in [0.15, 0.2) is 0 Å². The average Bonchev–Trinajstić information content (AvgIpc) is 2.98. The molecule has 0 atom stereocenters. The van der Waals surface area contributed by atoms with Crippen LogP contribution >= 0.6 is 0 Å². The van der Waals surface area contributed by atoms with Crippen LogP contribution in [0.1, 0.15) is 25.3 Å². The van der Waals surface area contributed by atoms with E-state index in [4.69, 9.17) is 0 Å². The summed E-state index contributed by atoms with van der Waals surface area (Å²) in [5, 5.41) is 2.95. The zero-order valence-electron chi connectivity index (χ0n) is 17.3. The predicted octanol–water partition coefficient (Wildman–Crippen LogP) is 2.85. The predicted molar refractivity (Wildman–Crippen MR) is 117 cm³/mol. The van der Waals surface area contributed by atoms with Gasteiger partial charge in [-0.2, -0.15) is 0 Å². The summed E-state index contributed by atoms with van der Waals surface area (Å²) in [6.07, 6.45) is 1.73. The summed E-state index contributed by atoms with van der Waals surface area (Å²) in [6.45, 7) is 5.13. The number of nitrogens with one attached hydrogen (secondary N) is 1. The third kappa shape index (κ3) is 5.35. The van der Waals surface area contributed by atoms with Gasteiger partial charge < -0.3 is 10.2 Å². The number of carbonyl (C=O) groups is 1. The average molecular weight is 395 g/mol. The molecule has 29 heavy (non-hydrogen) atoms. The molecule has 3 aromatic rings. The number of hydrogen-bond donors (Lipinski definition) is 1. The highest BCUT2D eigenvalue weighted by molar-refractivity contribution is 5.80. The Bertz CT molecular complexity index is 991. The van der Waals surface area contributed by atoms with E-state index in [1.165, 1.54) is 5.56 Å². The molecule has 1 amide bonds. The van der Waals surface area contributed by atoms with Crippen molar-refractivity contribution in [3.05, 3.63) is 70.6 Å². The van der Waals surface area contributed by atoms with E-state index in [2.05, 4.69) is 29.4 Å². The van der Waals surface area contributed by atoms with Crippen LogP contribution in [0.3, 0.4) is 0 Å². The molecule has 2 aromatic carbocycles. The van der Waals surface area contributed by atoms with Gasteiger partial charge >= 0.3 is 5.69 Å². The molecule has 0 radical (unpaired) electrons. The summed E-state index contributed by atoms with van der Waals surface area (Å²) >= 11 is 0. The van der Waals surface area contributed by atoms with E-state index in [1.54, 1.807) is 9.13 Å². The van der Waals surface area contributed by atoms with Crippen LogP contribution in [0.5, 0.6) is 0 Å². The molecule has 0 fully saturated rings. The molecule has 6 heteroatoms. The van der Waals surface area contributed by atoms with Crippen molar-refractivity contribution in [2.75, 3.05) is 20.1 Å². The largest absolute Gasteiger partial charge is 0.354 e. The van der Waals surface area contributed by atoms with Gasteiger partial charge in [0, 0.05) is 19.6 Å². The lowest BCUT2D eigenvalue weighted by molar-refractivity contribution is -0.121. The topological polar surface area (TPSA) is 59.3 Å². The SMILES string of the molecule is CCCn1c(=O)n(CC(=O)NCCCN(C)Cc2ccccc2)c2ccccc21. The summed E-state index contributed by atoms with van der Waals surface area (Å²) < 4.78 is 3.32. The Kier molecular flexibility index (Phi) is 7.25. The smallest absolute Gasteiger partial charge is 0.329 e. The third-order valence-electron chi connectivity index (χ3n) is 5.01. The zero-order chi connectivity index (χ0) is 20.6. The van der Waals surface area contributed by atoms with Crippen molar-refractivity contribution < 1.29 is 4.79 Å². The second-order valence-corrected chi connectivity index (χ2v) is 7.44. The van der Waals surface area contributed by atoms with Gasteiger partial charge in [-0.25, -0.2) is 4.79 Å². The Morgan fingerprint density at radius 3 is 2.34 bits per heavy atom. The molecule has 0 aliphatic rings. The Morgan fingerprint density at radius 1 is 1.00 bits per heavy atom. The summed E-state index contributed by atoms with van der Waals surface area (Å²) in [7, 11) is 2.08. The van der Waals surface area contributed by atoms with Crippen LogP contribution in [0.4, 0.5) is 0 Å². The highest BCUT2D eigenvalue weighted by Gasteiger charge is 2.14. The minimum Gasteiger partial charge on any atom is -0.354 e. The summed E-state index contributed by atoms with van der Waals surface area (Å²) in [5.74, 6) is -0.128. The number of carbonyl (C=O) groups excluding carboxylic acids is 1. The summed E-state index contributed by atoms with van der Waals surface area (Å²) in [6, 6.07) is 18.0. The molecule has 0 aliphatic carbocycles. The number of aryl methyl sites for hydroxylation is 1. The number of hydrogen-bond acceptors (Lipinski definition) is 3. The van der Waals surface area contributed by atoms with E-state index in [-0.39, 0.29) is 18.1 Å². The molecule has 3 rings (SSSR count). The monoisotopic (exact) mass is 394 g/mol. The van der Waals surface area contributed by atoms with E-state index >= 15 is 0 Å². The number of benzene rings is 2. The van der Waals surface area contributed by atoms with E-state index in [1.807, 2.05) is 49.4 Å². The molecule has 0 saturated heterocycles. The molecule has 0 unspecified atom stereocenters. The summed E-state index contributed by atoms with van der Waals surface area (Å²) in [5.41, 5.74) is 2.85. The first-order valence-corrected chi connectivity index (χ1v) is 10.3. The molecular formula is C23H30N4O2. The molecule has 0 spiro atoms. The number of amides is 1. The van der Waals surface area contributed by atoms with Gasteiger partial charge in [0.25, 0.3) is 0 Å². The van der Waals surface area contributed by atoms with Gasteiger partial charge in [0.1, 0.15) is 6.54 Å². The highest BCUT2D eigenvalue weighted by atomic mass is 16.2. The summed E-state index contributed by atoms with van der Waals surface area (Å²) in [4.78, 5) is 27.4. The van der Waals surface area contributed by atoms with Gasteiger partial charge in [-0.1, -0.05) is 49.4 Å². The molecule has 154 valence electrons. The first-order chi connectivity index (χ1) is 14.1. The molecule has 0 aliphatic heterocycles. The fourth-order valence-electron chi connectivity index (χ4n) is 3.62. The van der Waals surface area contributed by atoms with Crippen LogP contribution in [-0.4, -0.2) is 40.1 Å². The molecule has 1 aromatic heterocycles. The minimum absolute atomic E-state index is 0.0515. The second-order valence-electron chi connectivity index (χ2n) is 7.44. The fourth-order valence-corrected chi connectivity index (χ4v) is 3.62. The quantitative estimate of drug-likeness (QED) is 0.538. The van der Waals surface area contributed by atoms with Crippen LogP contribution < -0.4 is 11.0 Å². The van der Waals surface area contributed by atoms with Crippen molar-refractivity contribution in [2.45, 2.75) is 39.4 Å². The Balaban J connectivity index is 1.51. The maximum atomic E-state index is 12.7. The van der Waals surface area contributed by atoms with Gasteiger partial charge in [0.2, 0.25) is 5.91 Å². The molecule has 1 heterocycles. The van der Waals surface area contributed by atoms with Crippen molar-refractivity contribution in [2.24, 2.45) is 0 Å². The molecule has 1 N–H and O–H groups in total. The standard InChI is InChI=1S/C23H30N4O2/c1-3-15-26-20-12-7-8-13-21(20)27(23(26)29)18-22(28)24-14-9-16-25(2)17-19-10-5-4-6-11-19/h4-8,10-13H,3,9,14-18H2,1-2H3,(H,24,28). The van der Waals surface area contributed by atoms with Gasteiger partial charge in [-0.3, -0.25) is 13.9 Å². The number of aromatic nitrogens is 2. The minimum atomic E-state index is -0.128. The lowest BCUT2D eigenvalue weighted by atomic mass is 10.2. The van der Waals surface area contributed by atoms with Gasteiger partial charge in [0.05, 0.1) is 11.0 Å². The lowest BCUT2D eigenvalue weighted by Crippen LogP contribution is -2.34. The normalized spacial score (nSPS) is 11.3. The molecule has 0 saturated carbocycles. The van der Waals surface area contributed by atoms with Crippen molar-refractivity contribution in [1.29, 1.82) is 0 Å². The molecular weight excluding hydrogens is 364 g/mol.